The van der Waals surface area contributed by atoms with Crippen molar-refractivity contribution < 1.29 is 17.2 Å². The maximum absolute atomic E-state index is 13.4. The van der Waals surface area contributed by atoms with Crippen molar-refractivity contribution in [1.82, 2.24) is 4.31 Å². The molecule has 6 heteroatoms. The van der Waals surface area contributed by atoms with Crippen LogP contribution in [0.1, 0.15) is 24.0 Å². The average molecular weight is 351 g/mol. The lowest BCUT2D eigenvalue weighted by molar-refractivity contribution is 0.390. The summed E-state index contributed by atoms with van der Waals surface area (Å²) in [6, 6.07) is 9.63. The highest BCUT2D eigenvalue weighted by Crippen LogP contribution is 2.32. The summed E-state index contributed by atoms with van der Waals surface area (Å²) in [6.07, 6.45) is 2.02. The Morgan fingerprint density at radius 3 is 2.33 bits per heavy atom. The van der Waals surface area contributed by atoms with E-state index in [1.807, 2.05) is 0 Å². The van der Waals surface area contributed by atoms with Crippen LogP contribution in [0.5, 0.6) is 0 Å². The maximum Gasteiger partial charge on any atom is 0.243 e. The fourth-order valence-corrected chi connectivity index (χ4v) is 4.15. The van der Waals surface area contributed by atoms with Gasteiger partial charge in [-0.15, -0.1) is 0 Å². The Balaban J connectivity index is 1.91. The van der Waals surface area contributed by atoms with Crippen LogP contribution in [0.25, 0.3) is 0 Å². The SMILES string of the molecule is Cc1cc(S(=O)(=O)N(Cc2ccc(F)cc2)CC2CC2)ccc1F. The second-order valence-electron chi connectivity index (χ2n) is 6.28. The fraction of sp³-hybridized carbons (Fsp3) is 0.333. The number of hydrogen-bond acceptors (Lipinski definition) is 2. The van der Waals surface area contributed by atoms with Gasteiger partial charge in [0.15, 0.2) is 0 Å². The molecule has 0 amide bonds. The highest BCUT2D eigenvalue weighted by Gasteiger charge is 2.32. The summed E-state index contributed by atoms with van der Waals surface area (Å²) in [7, 11) is -3.73. The zero-order chi connectivity index (χ0) is 17.3. The summed E-state index contributed by atoms with van der Waals surface area (Å²) < 4.78 is 53.8. The Labute approximate surface area is 141 Å². The molecule has 1 fully saturated rings. The van der Waals surface area contributed by atoms with Gasteiger partial charge in [-0.2, -0.15) is 4.31 Å². The van der Waals surface area contributed by atoms with Gasteiger partial charge in [-0.1, -0.05) is 12.1 Å². The van der Waals surface area contributed by atoms with Gasteiger partial charge in [0, 0.05) is 13.1 Å². The second kappa shape index (κ2) is 6.61. The number of sulfonamides is 1. The van der Waals surface area contributed by atoms with E-state index >= 15 is 0 Å². The molecule has 0 spiro atoms. The van der Waals surface area contributed by atoms with E-state index in [4.69, 9.17) is 0 Å². The third kappa shape index (κ3) is 3.82. The highest BCUT2D eigenvalue weighted by atomic mass is 32.2. The van der Waals surface area contributed by atoms with Gasteiger partial charge in [0.25, 0.3) is 0 Å². The molecular weight excluding hydrogens is 332 g/mol. The third-order valence-electron chi connectivity index (χ3n) is 4.20. The standard InChI is InChI=1S/C18H19F2NO2S/c1-13-10-17(8-9-18(13)20)24(22,23)21(11-14-2-3-14)12-15-4-6-16(19)7-5-15/h4-10,14H,2-3,11-12H2,1H3. The topological polar surface area (TPSA) is 37.4 Å². The van der Waals surface area contributed by atoms with Crippen molar-refractivity contribution >= 4 is 10.0 Å². The van der Waals surface area contributed by atoms with Gasteiger partial charge in [0.2, 0.25) is 10.0 Å². The van der Waals surface area contributed by atoms with E-state index in [0.717, 1.165) is 18.4 Å². The number of rotatable bonds is 6. The number of halogens is 2. The van der Waals surface area contributed by atoms with Crippen LogP contribution in [0.3, 0.4) is 0 Å². The quantitative estimate of drug-likeness (QED) is 0.792. The first kappa shape index (κ1) is 17.0. The van der Waals surface area contributed by atoms with Crippen molar-refractivity contribution in [2.45, 2.75) is 31.2 Å². The van der Waals surface area contributed by atoms with E-state index in [2.05, 4.69) is 0 Å². The van der Waals surface area contributed by atoms with Gasteiger partial charge >= 0.3 is 0 Å². The molecule has 0 unspecified atom stereocenters. The van der Waals surface area contributed by atoms with Crippen LogP contribution >= 0.6 is 0 Å². The normalized spacial score (nSPS) is 15.0. The molecule has 1 aliphatic rings. The molecule has 0 bridgehead atoms. The molecule has 1 saturated carbocycles. The molecule has 0 saturated heterocycles. The molecule has 0 radical (unpaired) electrons. The predicted molar refractivity (Wildman–Crippen MR) is 87.9 cm³/mol. The number of hydrogen-bond donors (Lipinski definition) is 0. The lowest BCUT2D eigenvalue weighted by Gasteiger charge is -2.22. The van der Waals surface area contributed by atoms with Crippen molar-refractivity contribution in [2.75, 3.05) is 6.54 Å². The molecule has 24 heavy (non-hydrogen) atoms. The summed E-state index contributed by atoms with van der Waals surface area (Å²) in [5.41, 5.74) is 1.02. The van der Waals surface area contributed by atoms with Gasteiger partial charge in [0.05, 0.1) is 4.90 Å². The van der Waals surface area contributed by atoms with E-state index in [0.29, 0.717) is 18.0 Å². The number of nitrogens with zero attached hydrogens (tertiary/aromatic N) is 1. The molecule has 2 aromatic rings. The Morgan fingerprint density at radius 2 is 1.75 bits per heavy atom. The Kier molecular flexibility index (Phi) is 4.69. The molecule has 2 aromatic carbocycles. The van der Waals surface area contributed by atoms with E-state index in [-0.39, 0.29) is 17.3 Å². The molecular formula is C18H19F2NO2S. The minimum Gasteiger partial charge on any atom is -0.207 e. The molecule has 0 aliphatic heterocycles. The van der Waals surface area contributed by atoms with Crippen LogP contribution in [0.4, 0.5) is 8.78 Å². The van der Waals surface area contributed by atoms with Crippen molar-refractivity contribution in [3.63, 3.8) is 0 Å². The molecule has 0 atom stereocenters. The molecule has 3 nitrogen and oxygen atoms in total. The molecule has 3 rings (SSSR count). The van der Waals surface area contributed by atoms with Crippen LogP contribution in [0.15, 0.2) is 47.4 Å². The Hall–Kier alpha value is -1.79. The van der Waals surface area contributed by atoms with E-state index < -0.39 is 15.8 Å². The maximum atomic E-state index is 13.4. The largest absolute Gasteiger partial charge is 0.243 e. The smallest absolute Gasteiger partial charge is 0.207 e. The molecule has 0 aromatic heterocycles. The van der Waals surface area contributed by atoms with Crippen molar-refractivity contribution in [1.29, 1.82) is 0 Å². The molecule has 128 valence electrons. The van der Waals surface area contributed by atoms with Gasteiger partial charge in [-0.3, -0.25) is 0 Å². The summed E-state index contributed by atoms with van der Waals surface area (Å²) in [5, 5.41) is 0. The minimum atomic E-state index is -3.73. The summed E-state index contributed by atoms with van der Waals surface area (Å²) in [6.45, 7) is 2.14. The Bertz CT molecular complexity index is 831. The first-order valence-electron chi connectivity index (χ1n) is 7.87. The van der Waals surface area contributed by atoms with Crippen LogP contribution in [0, 0.1) is 24.5 Å². The summed E-state index contributed by atoms with van der Waals surface area (Å²) >= 11 is 0. The van der Waals surface area contributed by atoms with Gasteiger partial charge in [0.1, 0.15) is 11.6 Å². The zero-order valence-electron chi connectivity index (χ0n) is 13.4. The van der Waals surface area contributed by atoms with E-state index in [9.17, 15) is 17.2 Å². The molecule has 1 aliphatic carbocycles. The third-order valence-corrected chi connectivity index (χ3v) is 6.01. The lowest BCUT2D eigenvalue weighted by Crippen LogP contribution is -2.32. The van der Waals surface area contributed by atoms with Gasteiger partial charge in [-0.25, -0.2) is 17.2 Å². The molecule has 0 heterocycles. The van der Waals surface area contributed by atoms with Crippen molar-refractivity contribution in [3.05, 3.63) is 65.2 Å². The van der Waals surface area contributed by atoms with Crippen LogP contribution in [-0.4, -0.2) is 19.3 Å². The average Bonchev–Trinajstić information content (AvgIpc) is 3.35. The first-order chi connectivity index (χ1) is 11.4. The van der Waals surface area contributed by atoms with Crippen LogP contribution < -0.4 is 0 Å². The second-order valence-corrected chi connectivity index (χ2v) is 8.22. The predicted octanol–water partition coefficient (Wildman–Crippen LogP) is 3.87. The van der Waals surface area contributed by atoms with Crippen molar-refractivity contribution in [3.8, 4) is 0 Å². The molecule has 0 N–H and O–H groups in total. The number of benzene rings is 2. The number of aryl methyl sites for hydroxylation is 1. The minimum absolute atomic E-state index is 0.0872. The van der Waals surface area contributed by atoms with Crippen molar-refractivity contribution in [2.24, 2.45) is 5.92 Å². The van der Waals surface area contributed by atoms with E-state index in [1.54, 1.807) is 19.1 Å². The van der Waals surface area contributed by atoms with Gasteiger partial charge < -0.3 is 0 Å². The van der Waals surface area contributed by atoms with E-state index in [1.165, 1.54) is 34.6 Å². The zero-order valence-corrected chi connectivity index (χ0v) is 14.2. The summed E-state index contributed by atoms with van der Waals surface area (Å²) in [5.74, 6) is -0.424. The highest BCUT2D eigenvalue weighted by molar-refractivity contribution is 7.89. The lowest BCUT2D eigenvalue weighted by atomic mass is 10.2. The summed E-state index contributed by atoms with van der Waals surface area (Å²) in [4.78, 5) is 0.0872. The monoisotopic (exact) mass is 351 g/mol. The Morgan fingerprint density at radius 1 is 1.08 bits per heavy atom. The fourth-order valence-electron chi connectivity index (χ4n) is 2.56. The first-order valence-corrected chi connectivity index (χ1v) is 9.31. The van der Waals surface area contributed by atoms with Crippen LogP contribution in [-0.2, 0) is 16.6 Å². The van der Waals surface area contributed by atoms with Crippen LogP contribution in [0.2, 0.25) is 0 Å². The van der Waals surface area contributed by atoms with Gasteiger partial charge in [-0.05, 0) is 67.1 Å².